The van der Waals surface area contributed by atoms with Gasteiger partial charge in [0.25, 0.3) is 5.91 Å². The van der Waals surface area contributed by atoms with Crippen LogP contribution in [0.2, 0.25) is 10.0 Å². The van der Waals surface area contributed by atoms with E-state index in [1.54, 1.807) is 18.2 Å². The maximum absolute atomic E-state index is 12.8. The summed E-state index contributed by atoms with van der Waals surface area (Å²) in [4.78, 5) is 12.8. The van der Waals surface area contributed by atoms with Crippen LogP contribution in [0.5, 0.6) is 5.75 Å². The fourth-order valence-electron chi connectivity index (χ4n) is 4.03. The molecule has 0 aliphatic heterocycles. The van der Waals surface area contributed by atoms with E-state index in [1.165, 1.54) is 0 Å². The molecule has 186 valence electrons. The highest BCUT2D eigenvalue weighted by molar-refractivity contribution is 6.35. The molecular weight excluding hydrogens is 505 g/mol. The van der Waals surface area contributed by atoms with Gasteiger partial charge in [-0.25, -0.2) is 0 Å². The van der Waals surface area contributed by atoms with E-state index in [0.717, 1.165) is 33.8 Å². The standard InChI is InChI=1S/C30H25Cl2N3O2/c1-19-6-4-5-7-29(19)34-30(36)24(17-33)15-23-14-20(2)35(21(23)3)26-10-12-27(13-11-26)37-18-22-8-9-25(31)16-28(22)32/h4-16H,18H2,1-3H3,(H,34,36)/b24-15-. The number of anilines is 1. The number of rotatable bonds is 7. The summed E-state index contributed by atoms with van der Waals surface area (Å²) in [6, 6.07) is 24.5. The van der Waals surface area contributed by atoms with E-state index >= 15 is 0 Å². The summed E-state index contributed by atoms with van der Waals surface area (Å²) in [6.07, 6.45) is 1.62. The Morgan fingerprint density at radius 2 is 1.76 bits per heavy atom. The molecule has 0 bridgehead atoms. The number of nitrogens with one attached hydrogen (secondary N) is 1. The van der Waals surface area contributed by atoms with Crippen molar-refractivity contribution in [3.05, 3.63) is 116 Å². The number of aromatic nitrogens is 1. The lowest BCUT2D eigenvalue weighted by Crippen LogP contribution is -2.14. The third-order valence-electron chi connectivity index (χ3n) is 6.03. The highest BCUT2D eigenvalue weighted by Gasteiger charge is 2.15. The molecule has 0 saturated carbocycles. The maximum atomic E-state index is 12.8. The number of halogens is 2. The van der Waals surface area contributed by atoms with Crippen LogP contribution in [0.25, 0.3) is 11.8 Å². The normalized spacial score (nSPS) is 11.2. The molecular formula is C30H25Cl2N3O2. The lowest BCUT2D eigenvalue weighted by atomic mass is 10.1. The molecule has 5 nitrogen and oxygen atoms in total. The number of nitriles is 1. The van der Waals surface area contributed by atoms with Gasteiger partial charge in [-0.1, -0.05) is 47.5 Å². The van der Waals surface area contributed by atoms with E-state index in [1.807, 2.05) is 87.5 Å². The van der Waals surface area contributed by atoms with Crippen LogP contribution in [0, 0.1) is 32.1 Å². The quantitative estimate of drug-likeness (QED) is 0.196. The Kier molecular flexibility index (Phi) is 8.03. The predicted molar refractivity (Wildman–Crippen MR) is 149 cm³/mol. The van der Waals surface area contributed by atoms with Crippen LogP contribution < -0.4 is 10.1 Å². The van der Waals surface area contributed by atoms with Gasteiger partial charge in [0.05, 0.1) is 0 Å². The smallest absolute Gasteiger partial charge is 0.266 e. The van der Waals surface area contributed by atoms with Gasteiger partial charge >= 0.3 is 0 Å². The van der Waals surface area contributed by atoms with E-state index in [0.29, 0.717) is 28.1 Å². The Balaban J connectivity index is 1.52. The second-order valence-corrected chi connectivity index (χ2v) is 9.46. The van der Waals surface area contributed by atoms with Gasteiger partial charge in [0.1, 0.15) is 24.0 Å². The van der Waals surface area contributed by atoms with Crippen LogP contribution in [0.1, 0.15) is 28.1 Å². The van der Waals surface area contributed by atoms with Crippen molar-refractivity contribution in [1.82, 2.24) is 4.57 Å². The minimum absolute atomic E-state index is 0.0353. The van der Waals surface area contributed by atoms with Crippen molar-refractivity contribution in [2.24, 2.45) is 0 Å². The lowest BCUT2D eigenvalue weighted by Gasteiger charge is -2.12. The van der Waals surface area contributed by atoms with E-state index in [-0.39, 0.29) is 5.57 Å². The number of nitrogens with zero attached hydrogens (tertiary/aromatic N) is 2. The SMILES string of the molecule is Cc1ccccc1NC(=O)/C(C#N)=C\c1cc(C)n(-c2ccc(OCc3ccc(Cl)cc3Cl)cc2)c1C. The first-order valence-corrected chi connectivity index (χ1v) is 12.4. The number of carbonyl (C=O) groups excluding carboxylic acids is 1. The average Bonchev–Trinajstić information content (AvgIpc) is 3.16. The van der Waals surface area contributed by atoms with Crippen LogP contribution >= 0.6 is 23.2 Å². The largest absolute Gasteiger partial charge is 0.489 e. The Hall–Kier alpha value is -3.98. The summed E-state index contributed by atoms with van der Waals surface area (Å²) < 4.78 is 7.96. The molecule has 0 unspecified atom stereocenters. The number of aryl methyl sites for hydroxylation is 2. The summed E-state index contributed by atoms with van der Waals surface area (Å²) in [5.41, 5.74) is 6.12. The molecule has 0 fully saturated rings. The molecule has 0 aliphatic rings. The monoisotopic (exact) mass is 529 g/mol. The molecule has 0 aliphatic carbocycles. The molecule has 0 radical (unpaired) electrons. The molecule has 0 atom stereocenters. The molecule has 1 N–H and O–H groups in total. The Bertz CT molecular complexity index is 1530. The number of para-hydroxylation sites is 1. The fraction of sp³-hybridized carbons (Fsp3) is 0.133. The van der Waals surface area contributed by atoms with Crippen molar-refractivity contribution in [2.75, 3.05) is 5.32 Å². The molecule has 0 saturated heterocycles. The first-order chi connectivity index (χ1) is 17.8. The van der Waals surface area contributed by atoms with Gasteiger partial charge in [0, 0.05) is 38.4 Å². The molecule has 4 rings (SSSR count). The maximum Gasteiger partial charge on any atom is 0.266 e. The van der Waals surface area contributed by atoms with Crippen molar-refractivity contribution < 1.29 is 9.53 Å². The van der Waals surface area contributed by atoms with Crippen molar-refractivity contribution >= 4 is 40.9 Å². The van der Waals surface area contributed by atoms with Crippen LogP contribution in [0.4, 0.5) is 5.69 Å². The van der Waals surface area contributed by atoms with E-state index in [9.17, 15) is 10.1 Å². The number of amides is 1. The lowest BCUT2D eigenvalue weighted by molar-refractivity contribution is -0.112. The molecule has 1 amide bonds. The molecule has 0 spiro atoms. The van der Waals surface area contributed by atoms with Gasteiger partial charge in [-0.2, -0.15) is 5.26 Å². The molecule has 4 aromatic rings. The van der Waals surface area contributed by atoms with Gasteiger partial charge in [0.2, 0.25) is 0 Å². The minimum atomic E-state index is -0.441. The number of benzene rings is 3. The summed E-state index contributed by atoms with van der Waals surface area (Å²) in [5, 5.41) is 13.6. The van der Waals surface area contributed by atoms with Crippen molar-refractivity contribution in [3.8, 4) is 17.5 Å². The predicted octanol–water partition coefficient (Wildman–Crippen LogP) is 7.83. The molecule has 7 heteroatoms. The molecule has 1 aromatic heterocycles. The summed E-state index contributed by atoms with van der Waals surface area (Å²) in [6.45, 7) is 6.17. The van der Waals surface area contributed by atoms with E-state index in [2.05, 4.69) is 9.88 Å². The zero-order chi connectivity index (χ0) is 26.5. The Morgan fingerprint density at radius 3 is 2.43 bits per heavy atom. The van der Waals surface area contributed by atoms with Crippen molar-refractivity contribution in [2.45, 2.75) is 27.4 Å². The minimum Gasteiger partial charge on any atom is -0.489 e. The first-order valence-electron chi connectivity index (χ1n) is 11.6. The molecule has 1 heterocycles. The Labute approximate surface area is 226 Å². The van der Waals surface area contributed by atoms with Gasteiger partial charge in [-0.15, -0.1) is 0 Å². The summed E-state index contributed by atoms with van der Waals surface area (Å²) in [5.74, 6) is 0.265. The van der Waals surface area contributed by atoms with Crippen molar-refractivity contribution in [3.63, 3.8) is 0 Å². The highest BCUT2D eigenvalue weighted by Crippen LogP contribution is 2.26. The Morgan fingerprint density at radius 1 is 1.03 bits per heavy atom. The third kappa shape index (κ3) is 6.06. The third-order valence-corrected chi connectivity index (χ3v) is 6.62. The number of hydrogen-bond donors (Lipinski definition) is 1. The van der Waals surface area contributed by atoms with Crippen LogP contribution in [-0.4, -0.2) is 10.5 Å². The summed E-state index contributed by atoms with van der Waals surface area (Å²) in [7, 11) is 0. The van der Waals surface area contributed by atoms with Crippen LogP contribution in [-0.2, 0) is 11.4 Å². The van der Waals surface area contributed by atoms with E-state index < -0.39 is 5.91 Å². The van der Waals surface area contributed by atoms with Crippen molar-refractivity contribution in [1.29, 1.82) is 5.26 Å². The zero-order valence-electron chi connectivity index (χ0n) is 20.7. The average molecular weight is 530 g/mol. The second-order valence-electron chi connectivity index (χ2n) is 8.62. The highest BCUT2D eigenvalue weighted by atomic mass is 35.5. The first kappa shape index (κ1) is 26.1. The molecule has 37 heavy (non-hydrogen) atoms. The van der Waals surface area contributed by atoms with Gasteiger partial charge < -0.3 is 14.6 Å². The van der Waals surface area contributed by atoms with Gasteiger partial charge in [-0.05, 0) is 86.5 Å². The van der Waals surface area contributed by atoms with E-state index in [4.69, 9.17) is 27.9 Å². The second kappa shape index (κ2) is 11.4. The van der Waals surface area contributed by atoms with Crippen LogP contribution in [0.15, 0.2) is 78.4 Å². The van der Waals surface area contributed by atoms with Gasteiger partial charge in [0.15, 0.2) is 0 Å². The fourth-order valence-corrected chi connectivity index (χ4v) is 4.49. The number of carbonyl (C=O) groups is 1. The molecule has 3 aromatic carbocycles. The number of hydrogen-bond acceptors (Lipinski definition) is 3. The topological polar surface area (TPSA) is 67.0 Å². The summed E-state index contributed by atoms with van der Waals surface area (Å²) >= 11 is 12.2. The van der Waals surface area contributed by atoms with Crippen LogP contribution in [0.3, 0.4) is 0 Å². The van der Waals surface area contributed by atoms with Gasteiger partial charge in [-0.3, -0.25) is 4.79 Å². The number of ether oxygens (including phenoxy) is 1. The zero-order valence-corrected chi connectivity index (χ0v) is 22.2.